The molecule has 1 aliphatic rings. The molecule has 4 N–H and O–H groups in total. The lowest BCUT2D eigenvalue weighted by Crippen LogP contribution is -2.50. The minimum atomic E-state index is -0.861. The van der Waals surface area contributed by atoms with Crippen LogP contribution in [0.5, 0.6) is 0 Å². The molecule has 0 saturated carbocycles. The molecule has 2 rings (SSSR count). The number of amides is 1. The smallest absolute Gasteiger partial charge is 0.237 e. The maximum Gasteiger partial charge on any atom is 0.237 e. The summed E-state index contributed by atoms with van der Waals surface area (Å²) in [7, 11) is 0. The average molecular weight is 278 g/mol. The van der Waals surface area contributed by atoms with Crippen molar-refractivity contribution in [1.29, 1.82) is 0 Å². The number of ether oxygens (including phenoxy) is 1. The summed E-state index contributed by atoms with van der Waals surface area (Å²) >= 11 is 0. The fourth-order valence-electron chi connectivity index (χ4n) is 2.27. The van der Waals surface area contributed by atoms with Crippen LogP contribution in [0.15, 0.2) is 30.3 Å². The number of rotatable bonds is 5. The molecule has 1 amide bonds. The Bertz CT molecular complexity index is 430. The Morgan fingerprint density at radius 2 is 2.00 bits per heavy atom. The molecule has 0 unspecified atom stereocenters. The van der Waals surface area contributed by atoms with Crippen LogP contribution in [0.4, 0.5) is 0 Å². The first-order valence-electron chi connectivity index (χ1n) is 6.96. The number of benzene rings is 1. The molecule has 5 nitrogen and oxygen atoms in total. The van der Waals surface area contributed by atoms with E-state index in [1.807, 2.05) is 30.3 Å². The van der Waals surface area contributed by atoms with Crippen molar-refractivity contribution in [3.05, 3.63) is 35.9 Å². The predicted octanol–water partition coefficient (Wildman–Crippen LogP) is 0.214. The number of nitrogens with two attached hydrogens (primary N) is 1. The summed E-state index contributed by atoms with van der Waals surface area (Å²) in [6.07, 6.45) is 1.58. The van der Waals surface area contributed by atoms with Gasteiger partial charge in [-0.2, -0.15) is 0 Å². The highest BCUT2D eigenvalue weighted by Crippen LogP contribution is 2.19. The van der Waals surface area contributed by atoms with Crippen LogP contribution in [0.1, 0.15) is 18.4 Å². The highest BCUT2D eigenvalue weighted by Gasteiger charge is 2.30. The largest absolute Gasteiger partial charge is 0.388 e. The number of hydrogen-bond donors (Lipinski definition) is 3. The minimum absolute atomic E-state index is 0.228. The van der Waals surface area contributed by atoms with E-state index in [0.717, 1.165) is 5.56 Å². The zero-order chi connectivity index (χ0) is 14.4. The molecule has 1 atom stereocenters. The molecule has 1 heterocycles. The molecule has 0 aliphatic carbocycles. The third-order valence-electron chi connectivity index (χ3n) is 3.65. The average Bonchev–Trinajstić information content (AvgIpc) is 2.46. The Hall–Kier alpha value is -1.43. The fraction of sp³-hybridized carbons (Fsp3) is 0.533. The van der Waals surface area contributed by atoms with Crippen molar-refractivity contribution in [1.82, 2.24) is 5.32 Å². The Kier molecular flexibility index (Phi) is 5.11. The maximum absolute atomic E-state index is 12.0. The molecule has 1 saturated heterocycles. The van der Waals surface area contributed by atoms with Crippen molar-refractivity contribution in [2.45, 2.75) is 30.9 Å². The summed E-state index contributed by atoms with van der Waals surface area (Å²) in [5.41, 5.74) is 6.06. The Balaban J connectivity index is 1.79. The summed E-state index contributed by atoms with van der Waals surface area (Å²) in [6, 6.07) is 9.06. The molecule has 20 heavy (non-hydrogen) atoms. The minimum Gasteiger partial charge on any atom is -0.388 e. The topological polar surface area (TPSA) is 84.6 Å². The summed E-state index contributed by atoms with van der Waals surface area (Å²) in [4.78, 5) is 12.0. The molecule has 0 spiro atoms. The van der Waals surface area contributed by atoms with Gasteiger partial charge in [0.25, 0.3) is 0 Å². The third-order valence-corrected chi connectivity index (χ3v) is 3.65. The summed E-state index contributed by atoms with van der Waals surface area (Å²) < 4.78 is 5.20. The van der Waals surface area contributed by atoms with Crippen molar-refractivity contribution >= 4 is 5.91 Å². The molecule has 0 radical (unpaired) electrons. The number of carbonyl (C=O) groups excluding carboxylic acids is 1. The molecule has 5 heteroatoms. The van der Waals surface area contributed by atoms with Crippen LogP contribution < -0.4 is 11.1 Å². The van der Waals surface area contributed by atoms with Gasteiger partial charge in [-0.25, -0.2) is 0 Å². The van der Waals surface area contributed by atoms with Crippen molar-refractivity contribution in [2.24, 2.45) is 5.73 Å². The number of carbonyl (C=O) groups is 1. The summed E-state index contributed by atoms with van der Waals surface area (Å²) in [6.45, 7) is 1.29. The lowest BCUT2D eigenvalue weighted by molar-refractivity contribution is -0.125. The molecule has 0 aromatic heterocycles. The van der Waals surface area contributed by atoms with Crippen LogP contribution in [0, 0.1) is 0 Å². The molecule has 1 fully saturated rings. The highest BCUT2D eigenvalue weighted by atomic mass is 16.5. The van der Waals surface area contributed by atoms with E-state index in [0.29, 0.717) is 32.5 Å². The van der Waals surface area contributed by atoms with Crippen molar-refractivity contribution in [3.8, 4) is 0 Å². The molecule has 1 aromatic carbocycles. The second kappa shape index (κ2) is 6.83. The molecule has 110 valence electrons. The van der Waals surface area contributed by atoms with Crippen LogP contribution in [-0.4, -0.2) is 42.4 Å². The monoisotopic (exact) mass is 278 g/mol. The van der Waals surface area contributed by atoms with E-state index >= 15 is 0 Å². The molecular formula is C15H22N2O3. The van der Waals surface area contributed by atoms with Crippen LogP contribution in [-0.2, 0) is 16.0 Å². The van der Waals surface area contributed by atoms with Crippen molar-refractivity contribution in [3.63, 3.8) is 0 Å². The van der Waals surface area contributed by atoms with Crippen LogP contribution in [0.3, 0.4) is 0 Å². The Labute approximate surface area is 119 Å². The van der Waals surface area contributed by atoms with E-state index in [2.05, 4.69) is 5.32 Å². The van der Waals surface area contributed by atoms with Crippen molar-refractivity contribution in [2.75, 3.05) is 19.8 Å². The van der Waals surface area contributed by atoms with Gasteiger partial charge in [0.1, 0.15) is 0 Å². The number of aliphatic hydroxyl groups is 1. The molecule has 0 bridgehead atoms. The van der Waals surface area contributed by atoms with Gasteiger partial charge in [0, 0.05) is 32.6 Å². The van der Waals surface area contributed by atoms with Crippen molar-refractivity contribution < 1.29 is 14.6 Å². The first-order chi connectivity index (χ1) is 9.59. The summed E-state index contributed by atoms with van der Waals surface area (Å²) in [5, 5.41) is 13.0. The van der Waals surface area contributed by atoms with Gasteiger partial charge in [0.15, 0.2) is 0 Å². The Morgan fingerprint density at radius 1 is 1.35 bits per heavy atom. The second-order valence-electron chi connectivity index (χ2n) is 5.35. The summed E-state index contributed by atoms with van der Waals surface area (Å²) in [5.74, 6) is -0.228. The zero-order valence-corrected chi connectivity index (χ0v) is 11.5. The van der Waals surface area contributed by atoms with E-state index in [1.54, 1.807) is 0 Å². The third kappa shape index (κ3) is 4.30. The standard InChI is InChI=1S/C15H22N2O3/c16-13(10-12-4-2-1-3-5-12)14(18)17-11-15(19)6-8-20-9-7-15/h1-5,13,19H,6-11,16H2,(H,17,18)/t13-/m0/s1. The predicted molar refractivity (Wildman–Crippen MR) is 76.1 cm³/mol. The van der Waals surface area contributed by atoms with Gasteiger partial charge in [-0.3, -0.25) is 4.79 Å². The molecule has 1 aromatic rings. The van der Waals surface area contributed by atoms with Gasteiger partial charge in [0.05, 0.1) is 11.6 Å². The number of hydrogen-bond acceptors (Lipinski definition) is 4. The quantitative estimate of drug-likeness (QED) is 0.719. The zero-order valence-electron chi connectivity index (χ0n) is 11.5. The lowest BCUT2D eigenvalue weighted by atomic mass is 9.94. The van der Waals surface area contributed by atoms with Gasteiger partial charge in [0.2, 0.25) is 5.91 Å². The van der Waals surface area contributed by atoms with Gasteiger partial charge >= 0.3 is 0 Å². The van der Waals surface area contributed by atoms with E-state index in [4.69, 9.17) is 10.5 Å². The van der Waals surface area contributed by atoms with E-state index < -0.39 is 11.6 Å². The van der Waals surface area contributed by atoms with E-state index in [-0.39, 0.29) is 12.5 Å². The SMILES string of the molecule is N[C@@H](Cc1ccccc1)C(=O)NCC1(O)CCOCC1. The van der Waals surface area contributed by atoms with Crippen LogP contribution in [0.2, 0.25) is 0 Å². The number of nitrogens with one attached hydrogen (secondary N) is 1. The van der Waals surface area contributed by atoms with E-state index in [9.17, 15) is 9.90 Å². The highest BCUT2D eigenvalue weighted by molar-refractivity contribution is 5.81. The van der Waals surface area contributed by atoms with E-state index in [1.165, 1.54) is 0 Å². The lowest BCUT2D eigenvalue weighted by Gasteiger charge is -2.32. The molecule has 1 aliphatic heterocycles. The first kappa shape index (κ1) is 15.0. The molecular weight excluding hydrogens is 256 g/mol. The fourth-order valence-corrected chi connectivity index (χ4v) is 2.27. The normalized spacial score (nSPS) is 19.3. The Morgan fingerprint density at radius 3 is 2.65 bits per heavy atom. The van der Waals surface area contributed by atoms with Gasteiger partial charge < -0.3 is 20.9 Å². The van der Waals surface area contributed by atoms with Gasteiger partial charge in [-0.1, -0.05) is 30.3 Å². The van der Waals surface area contributed by atoms with Gasteiger partial charge in [-0.15, -0.1) is 0 Å². The van der Waals surface area contributed by atoms with Gasteiger partial charge in [-0.05, 0) is 12.0 Å². The first-order valence-corrected chi connectivity index (χ1v) is 6.96. The van der Waals surface area contributed by atoms with Crippen LogP contribution in [0.25, 0.3) is 0 Å². The maximum atomic E-state index is 12.0. The van der Waals surface area contributed by atoms with Crippen LogP contribution >= 0.6 is 0 Å². The second-order valence-corrected chi connectivity index (χ2v) is 5.35.